The van der Waals surface area contributed by atoms with E-state index < -0.39 is 23.5 Å². The lowest BCUT2D eigenvalue weighted by Gasteiger charge is -2.14. The first-order chi connectivity index (χ1) is 8.04. The third-order valence-electron chi connectivity index (χ3n) is 2.54. The van der Waals surface area contributed by atoms with Gasteiger partial charge in [0.05, 0.1) is 20.1 Å². The van der Waals surface area contributed by atoms with Crippen molar-refractivity contribution < 1.29 is 23.0 Å². The van der Waals surface area contributed by atoms with Gasteiger partial charge in [0.25, 0.3) is 0 Å². The number of carbonyl (C=O) groups excluding carboxylic acids is 1. The van der Waals surface area contributed by atoms with Crippen LogP contribution in [0.3, 0.4) is 0 Å². The highest BCUT2D eigenvalue weighted by Crippen LogP contribution is 2.29. The number of benzene rings is 1. The third-order valence-corrected chi connectivity index (χ3v) is 2.54. The minimum absolute atomic E-state index is 0.0161. The first-order valence-corrected chi connectivity index (χ1v) is 5.15. The Hall–Kier alpha value is -1.65. The van der Waals surface area contributed by atoms with Crippen molar-refractivity contribution >= 4 is 5.97 Å². The van der Waals surface area contributed by atoms with Gasteiger partial charge in [-0.3, -0.25) is 4.79 Å². The Morgan fingerprint density at radius 2 is 1.94 bits per heavy atom. The summed E-state index contributed by atoms with van der Waals surface area (Å²) in [5.41, 5.74) is -0.0161. The molecule has 5 heteroatoms. The molecule has 17 heavy (non-hydrogen) atoms. The van der Waals surface area contributed by atoms with E-state index in [1.54, 1.807) is 6.92 Å². The van der Waals surface area contributed by atoms with Crippen molar-refractivity contribution in [1.29, 1.82) is 0 Å². The summed E-state index contributed by atoms with van der Waals surface area (Å²) in [6.45, 7) is 1.70. The Morgan fingerprint density at radius 1 is 1.29 bits per heavy atom. The Kier molecular flexibility index (Phi) is 4.43. The van der Waals surface area contributed by atoms with Crippen LogP contribution in [0.15, 0.2) is 12.1 Å². The first-order valence-electron chi connectivity index (χ1n) is 5.15. The van der Waals surface area contributed by atoms with Gasteiger partial charge in [-0.2, -0.15) is 0 Å². The molecule has 3 nitrogen and oxygen atoms in total. The van der Waals surface area contributed by atoms with Crippen LogP contribution in [-0.4, -0.2) is 20.2 Å². The van der Waals surface area contributed by atoms with Crippen molar-refractivity contribution in [2.75, 3.05) is 14.2 Å². The molecule has 0 aliphatic rings. The topological polar surface area (TPSA) is 35.5 Å². The molecule has 0 aromatic heterocycles. The van der Waals surface area contributed by atoms with E-state index in [0.29, 0.717) is 6.42 Å². The van der Waals surface area contributed by atoms with Gasteiger partial charge < -0.3 is 9.47 Å². The molecule has 0 amide bonds. The largest absolute Gasteiger partial charge is 0.494 e. The fraction of sp³-hybridized carbons (Fsp3) is 0.417. The SMILES string of the molecule is CCC(C(=O)OC)c1cc(F)c(OC)cc1F. The third kappa shape index (κ3) is 2.72. The van der Waals surface area contributed by atoms with Gasteiger partial charge >= 0.3 is 5.97 Å². The predicted octanol–water partition coefficient (Wildman–Crippen LogP) is 2.64. The summed E-state index contributed by atoms with van der Waals surface area (Å²) in [6.07, 6.45) is 0.329. The lowest BCUT2D eigenvalue weighted by molar-refractivity contribution is -0.142. The summed E-state index contributed by atoms with van der Waals surface area (Å²) in [5.74, 6) is -2.96. The molecule has 0 N–H and O–H groups in total. The molecule has 0 saturated carbocycles. The summed E-state index contributed by atoms with van der Waals surface area (Å²) in [5, 5.41) is 0. The van der Waals surface area contributed by atoms with Crippen molar-refractivity contribution in [2.45, 2.75) is 19.3 Å². The van der Waals surface area contributed by atoms with Crippen LogP contribution < -0.4 is 4.74 Å². The normalized spacial score (nSPS) is 12.1. The number of carbonyl (C=O) groups is 1. The Morgan fingerprint density at radius 3 is 2.41 bits per heavy atom. The molecule has 0 heterocycles. The molecule has 1 atom stereocenters. The summed E-state index contributed by atoms with van der Waals surface area (Å²) in [7, 11) is 2.46. The van der Waals surface area contributed by atoms with Crippen LogP contribution in [0.2, 0.25) is 0 Å². The number of methoxy groups -OCH3 is 2. The molecule has 94 valence electrons. The number of halogens is 2. The zero-order valence-corrected chi connectivity index (χ0v) is 9.92. The number of rotatable bonds is 4. The highest BCUT2D eigenvalue weighted by atomic mass is 19.1. The zero-order valence-electron chi connectivity index (χ0n) is 9.92. The fourth-order valence-corrected chi connectivity index (χ4v) is 1.62. The molecule has 0 aliphatic carbocycles. The summed E-state index contributed by atoms with van der Waals surface area (Å²) >= 11 is 0. The van der Waals surface area contributed by atoms with E-state index in [2.05, 4.69) is 9.47 Å². The Labute approximate surface area is 98.3 Å². The number of ether oxygens (including phenoxy) is 2. The van der Waals surface area contributed by atoms with Crippen LogP contribution in [0.5, 0.6) is 5.75 Å². The van der Waals surface area contributed by atoms with Gasteiger partial charge in [0.2, 0.25) is 0 Å². The lowest BCUT2D eigenvalue weighted by Crippen LogP contribution is -2.15. The van der Waals surface area contributed by atoms with Crippen LogP contribution in [-0.2, 0) is 9.53 Å². The van der Waals surface area contributed by atoms with E-state index >= 15 is 0 Å². The van der Waals surface area contributed by atoms with E-state index in [9.17, 15) is 13.6 Å². The smallest absolute Gasteiger partial charge is 0.313 e. The van der Waals surface area contributed by atoms with Crippen molar-refractivity contribution in [1.82, 2.24) is 0 Å². The van der Waals surface area contributed by atoms with Gasteiger partial charge in [-0.05, 0) is 12.5 Å². The average molecular weight is 244 g/mol. The van der Waals surface area contributed by atoms with Crippen molar-refractivity contribution in [2.24, 2.45) is 0 Å². The molecule has 0 spiro atoms. The van der Waals surface area contributed by atoms with Gasteiger partial charge in [-0.25, -0.2) is 8.78 Å². The van der Waals surface area contributed by atoms with E-state index in [-0.39, 0.29) is 11.3 Å². The maximum absolute atomic E-state index is 13.7. The second-order valence-corrected chi connectivity index (χ2v) is 3.49. The van der Waals surface area contributed by atoms with Crippen molar-refractivity contribution in [3.8, 4) is 5.75 Å². The van der Waals surface area contributed by atoms with Crippen molar-refractivity contribution in [3.05, 3.63) is 29.3 Å². The number of hydrogen-bond acceptors (Lipinski definition) is 3. The minimum Gasteiger partial charge on any atom is -0.494 e. The highest BCUT2D eigenvalue weighted by molar-refractivity contribution is 5.78. The predicted molar refractivity (Wildman–Crippen MR) is 58.0 cm³/mol. The molecule has 0 radical (unpaired) electrons. The molecular weight excluding hydrogens is 230 g/mol. The van der Waals surface area contributed by atoms with Crippen LogP contribution in [0.1, 0.15) is 24.8 Å². The maximum Gasteiger partial charge on any atom is 0.313 e. The van der Waals surface area contributed by atoms with Crippen molar-refractivity contribution in [3.63, 3.8) is 0 Å². The number of esters is 1. The monoisotopic (exact) mass is 244 g/mol. The first kappa shape index (κ1) is 13.4. The standard InChI is InChI=1S/C12H14F2O3/c1-4-7(12(15)17-3)8-5-10(14)11(16-2)6-9(8)13/h5-7H,4H2,1-3H3. The second-order valence-electron chi connectivity index (χ2n) is 3.49. The fourth-order valence-electron chi connectivity index (χ4n) is 1.62. The van der Waals surface area contributed by atoms with Crippen LogP contribution >= 0.6 is 0 Å². The number of hydrogen-bond donors (Lipinski definition) is 0. The van der Waals surface area contributed by atoms with E-state index in [4.69, 9.17) is 0 Å². The van der Waals surface area contributed by atoms with E-state index in [1.807, 2.05) is 0 Å². The molecule has 1 aromatic rings. The van der Waals surface area contributed by atoms with E-state index in [0.717, 1.165) is 12.1 Å². The summed E-state index contributed by atoms with van der Waals surface area (Å²) in [4.78, 5) is 11.4. The molecule has 1 rings (SSSR count). The maximum atomic E-state index is 13.7. The minimum atomic E-state index is -0.805. The lowest BCUT2D eigenvalue weighted by atomic mass is 9.96. The van der Waals surface area contributed by atoms with Crippen LogP contribution in [0.4, 0.5) is 8.78 Å². The average Bonchev–Trinajstić information content (AvgIpc) is 2.33. The molecule has 0 fully saturated rings. The molecule has 0 saturated heterocycles. The van der Waals surface area contributed by atoms with E-state index in [1.165, 1.54) is 14.2 Å². The highest BCUT2D eigenvalue weighted by Gasteiger charge is 2.24. The molecule has 1 unspecified atom stereocenters. The van der Waals surface area contributed by atoms with Gasteiger partial charge in [0.1, 0.15) is 5.82 Å². The van der Waals surface area contributed by atoms with Gasteiger partial charge in [0, 0.05) is 11.6 Å². The second kappa shape index (κ2) is 5.61. The van der Waals surface area contributed by atoms with Gasteiger partial charge in [-0.1, -0.05) is 6.92 Å². The summed E-state index contributed by atoms with van der Waals surface area (Å²) < 4.78 is 36.3. The Balaban J connectivity index is 3.21. The molecule has 0 bridgehead atoms. The van der Waals surface area contributed by atoms with Gasteiger partial charge in [0.15, 0.2) is 11.6 Å². The molecular formula is C12H14F2O3. The van der Waals surface area contributed by atoms with Gasteiger partial charge in [-0.15, -0.1) is 0 Å². The summed E-state index contributed by atoms with van der Waals surface area (Å²) in [6, 6.07) is 1.90. The van der Waals surface area contributed by atoms with Crippen LogP contribution in [0, 0.1) is 11.6 Å². The quantitative estimate of drug-likeness (QED) is 0.764. The molecule has 1 aromatic carbocycles. The zero-order chi connectivity index (χ0) is 13.0. The molecule has 0 aliphatic heterocycles. The Bertz CT molecular complexity index is 418. The van der Waals surface area contributed by atoms with Crippen LogP contribution in [0.25, 0.3) is 0 Å².